The predicted molar refractivity (Wildman–Crippen MR) is 66.4 cm³/mol. The zero-order valence-corrected chi connectivity index (χ0v) is 11.2. The largest absolute Gasteiger partial charge is 0.368 e. The Kier molecular flexibility index (Phi) is 2.99. The highest BCUT2D eigenvalue weighted by Crippen LogP contribution is 2.52. The molecule has 1 saturated carbocycles. The molecule has 0 aromatic heterocycles. The molecule has 2 fully saturated rings. The van der Waals surface area contributed by atoms with Crippen molar-refractivity contribution in [3.05, 3.63) is 0 Å². The predicted octanol–water partition coefficient (Wildman–Crippen LogP) is 1.04. The molecule has 3 N–H and O–H groups in total. The van der Waals surface area contributed by atoms with Crippen molar-refractivity contribution >= 4 is 5.91 Å². The Labute approximate surface area is 103 Å². The number of carbonyl (C=O) groups is 1. The first kappa shape index (κ1) is 12.8. The number of hydrogen-bond acceptors (Lipinski definition) is 3. The number of amides is 1. The maximum absolute atomic E-state index is 12.1. The third-order valence-corrected chi connectivity index (χ3v) is 4.60. The van der Waals surface area contributed by atoms with Gasteiger partial charge in [0.2, 0.25) is 5.91 Å². The number of carbonyl (C=O) groups excluding carboxylic acids is 1. The van der Waals surface area contributed by atoms with Gasteiger partial charge in [0.15, 0.2) is 0 Å². The fourth-order valence-corrected chi connectivity index (χ4v) is 3.57. The van der Waals surface area contributed by atoms with E-state index in [2.05, 4.69) is 33.0 Å². The summed E-state index contributed by atoms with van der Waals surface area (Å²) in [4.78, 5) is 12.1. The van der Waals surface area contributed by atoms with Crippen LogP contribution in [0.25, 0.3) is 0 Å². The average Bonchev–Trinajstić information content (AvgIpc) is 2.77. The van der Waals surface area contributed by atoms with Gasteiger partial charge in [-0.3, -0.25) is 4.79 Å². The third-order valence-electron chi connectivity index (χ3n) is 4.60. The summed E-state index contributed by atoms with van der Waals surface area (Å²) < 4.78 is 5.40. The summed E-state index contributed by atoms with van der Waals surface area (Å²) in [6, 6.07) is 0.242. The molecule has 2 aliphatic rings. The molecule has 17 heavy (non-hydrogen) atoms. The monoisotopic (exact) mass is 240 g/mol. The normalized spacial score (nSPS) is 38.5. The molecule has 98 valence electrons. The van der Waals surface area contributed by atoms with Crippen LogP contribution in [0.15, 0.2) is 0 Å². The third kappa shape index (κ3) is 1.87. The molecule has 1 saturated heterocycles. The smallest absolute Gasteiger partial charge is 0.249 e. The molecule has 0 unspecified atom stereocenters. The lowest BCUT2D eigenvalue weighted by molar-refractivity contribution is -0.140. The lowest BCUT2D eigenvalue weighted by Crippen LogP contribution is -2.76. The second-order valence-electron chi connectivity index (χ2n) is 6.56. The fraction of sp³-hybridized carbons (Fsp3) is 0.923. The summed E-state index contributed by atoms with van der Waals surface area (Å²) in [5.41, 5.74) is 6.08. The van der Waals surface area contributed by atoms with Crippen molar-refractivity contribution in [2.24, 2.45) is 16.6 Å². The van der Waals surface area contributed by atoms with Gasteiger partial charge in [-0.1, -0.05) is 27.7 Å². The van der Waals surface area contributed by atoms with Gasteiger partial charge < -0.3 is 15.8 Å². The van der Waals surface area contributed by atoms with E-state index in [0.29, 0.717) is 6.61 Å². The number of rotatable bonds is 2. The minimum Gasteiger partial charge on any atom is -0.368 e. The van der Waals surface area contributed by atoms with E-state index in [4.69, 9.17) is 10.5 Å². The molecule has 1 aliphatic carbocycles. The van der Waals surface area contributed by atoms with Gasteiger partial charge in [0.25, 0.3) is 0 Å². The SMILES string of the molecule is CC1(C)C(N)C(C)(C)C1NC(=O)[C@H]1CCCO1. The van der Waals surface area contributed by atoms with Crippen molar-refractivity contribution in [1.29, 1.82) is 0 Å². The molecule has 1 heterocycles. The highest BCUT2D eigenvalue weighted by molar-refractivity contribution is 5.81. The van der Waals surface area contributed by atoms with Crippen LogP contribution in [-0.2, 0) is 9.53 Å². The van der Waals surface area contributed by atoms with Gasteiger partial charge in [0.05, 0.1) is 0 Å². The summed E-state index contributed by atoms with van der Waals surface area (Å²) in [5.74, 6) is 0.0283. The quantitative estimate of drug-likeness (QED) is 0.758. The highest BCUT2D eigenvalue weighted by atomic mass is 16.5. The molecule has 0 spiro atoms. The minimum absolute atomic E-state index is 0.0283. The molecule has 0 bridgehead atoms. The molecule has 0 aromatic carbocycles. The van der Waals surface area contributed by atoms with Gasteiger partial charge >= 0.3 is 0 Å². The maximum atomic E-state index is 12.1. The van der Waals surface area contributed by atoms with Crippen LogP contribution in [0.3, 0.4) is 0 Å². The Morgan fingerprint density at radius 1 is 1.29 bits per heavy atom. The first-order valence-corrected chi connectivity index (χ1v) is 6.45. The van der Waals surface area contributed by atoms with Crippen molar-refractivity contribution < 1.29 is 9.53 Å². The molecule has 1 amide bonds. The van der Waals surface area contributed by atoms with Crippen LogP contribution in [0, 0.1) is 10.8 Å². The van der Waals surface area contributed by atoms with Crippen molar-refractivity contribution in [2.45, 2.75) is 58.7 Å². The Morgan fingerprint density at radius 3 is 2.35 bits per heavy atom. The standard InChI is InChI=1S/C13H24N2O2/c1-12(2)10(14)13(3,4)11(12)15-9(16)8-6-5-7-17-8/h8,10-11H,5-7,14H2,1-4H3,(H,15,16)/t8-,10?,11?/m1/s1. The lowest BCUT2D eigenvalue weighted by atomic mass is 9.48. The fourth-order valence-electron chi connectivity index (χ4n) is 3.57. The van der Waals surface area contributed by atoms with Crippen LogP contribution >= 0.6 is 0 Å². The number of hydrogen-bond donors (Lipinski definition) is 2. The van der Waals surface area contributed by atoms with Gasteiger partial charge in [-0.05, 0) is 12.8 Å². The Hall–Kier alpha value is -0.610. The summed E-state index contributed by atoms with van der Waals surface area (Å²) in [6.45, 7) is 9.16. The molecule has 4 nitrogen and oxygen atoms in total. The van der Waals surface area contributed by atoms with Crippen LogP contribution in [0.4, 0.5) is 0 Å². The zero-order chi connectivity index (χ0) is 12.8. The van der Waals surface area contributed by atoms with E-state index in [1.54, 1.807) is 0 Å². The van der Waals surface area contributed by atoms with Crippen LogP contribution < -0.4 is 11.1 Å². The first-order valence-electron chi connectivity index (χ1n) is 6.45. The van der Waals surface area contributed by atoms with Crippen LogP contribution in [0.2, 0.25) is 0 Å². The molecule has 4 heteroatoms. The number of ether oxygens (including phenoxy) is 1. The topological polar surface area (TPSA) is 64.3 Å². The van der Waals surface area contributed by atoms with Gasteiger partial charge in [-0.25, -0.2) is 0 Å². The van der Waals surface area contributed by atoms with E-state index in [0.717, 1.165) is 12.8 Å². The van der Waals surface area contributed by atoms with Crippen molar-refractivity contribution in [3.8, 4) is 0 Å². The Bertz CT molecular complexity index is 303. The maximum Gasteiger partial charge on any atom is 0.249 e. The molecular formula is C13H24N2O2. The van der Waals surface area contributed by atoms with E-state index in [1.807, 2.05) is 0 Å². The summed E-state index contributed by atoms with van der Waals surface area (Å²) in [6.07, 6.45) is 1.57. The van der Waals surface area contributed by atoms with E-state index in [1.165, 1.54) is 0 Å². The summed E-state index contributed by atoms with van der Waals surface area (Å²) >= 11 is 0. The zero-order valence-electron chi connectivity index (χ0n) is 11.2. The Balaban J connectivity index is 2.01. The van der Waals surface area contributed by atoms with E-state index < -0.39 is 0 Å². The van der Waals surface area contributed by atoms with E-state index in [9.17, 15) is 4.79 Å². The molecule has 0 radical (unpaired) electrons. The van der Waals surface area contributed by atoms with Gasteiger partial charge in [0, 0.05) is 29.5 Å². The van der Waals surface area contributed by atoms with Crippen LogP contribution in [-0.4, -0.2) is 30.7 Å². The second-order valence-corrected chi connectivity index (χ2v) is 6.56. The second kappa shape index (κ2) is 3.95. The van der Waals surface area contributed by atoms with Gasteiger partial charge in [0.1, 0.15) is 6.10 Å². The summed E-state index contributed by atoms with van der Waals surface area (Å²) in [5, 5.41) is 3.13. The molecule has 2 rings (SSSR count). The van der Waals surface area contributed by atoms with Crippen molar-refractivity contribution in [1.82, 2.24) is 5.32 Å². The number of nitrogens with two attached hydrogens (primary N) is 1. The lowest BCUT2D eigenvalue weighted by Gasteiger charge is -2.63. The van der Waals surface area contributed by atoms with Gasteiger partial charge in [-0.15, -0.1) is 0 Å². The molecule has 1 atom stereocenters. The number of nitrogens with one attached hydrogen (secondary N) is 1. The van der Waals surface area contributed by atoms with Crippen molar-refractivity contribution in [2.75, 3.05) is 6.61 Å². The van der Waals surface area contributed by atoms with Crippen molar-refractivity contribution in [3.63, 3.8) is 0 Å². The first-order chi connectivity index (χ1) is 7.78. The minimum atomic E-state index is -0.251. The molecular weight excluding hydrogens is 216 g/mol. The molecule has 0 aromatic rings. The summed E-state index contributed by atoms with van der Waals surface area (Å²) in [7, 11) is 0. The van der Waals surface area contributed by atoms with E-state index in [-0.39, 0.29) is 34.9 Å². The average molecular weight is 240 g/mol. The Morgan fingerprint density at radius 2 is 1.88 bits per heavy atom. The molecule has 1 aliphatic heterocycles. The van der Waals surface area contributed by atoms with Gasteiger partial charge in [-0.2, -0.15) is 0 Å². The van der Waals surface area contributed by atoms with Crippen LogP contribution in [0.5, 0.6) is 0 Å². The highest BCUT2D eigenvalue weighted by Gasteiger charge is 2.60. The van der Waals surface area contributed by atoms with Crippen LogP contribution in [0.1, 0.15) is 40.5 Å². The van der Waals surface area contributed by atoms with E-state index >= 15 is 0 Å².